The predicted molar refractivity (Wildman–Crippen MR) is 59.5 cm³/mol. The summed E-state index contributed by atoms with van der Waals surface area (Å²) in [4.78, 5) is 21.8. The lowest BCUT2D eigenvalue weighted by molar-refractivity contribution is -0.122. The summed E-state index contributed by atoms with van der Waals surface area (Å²) in [7, 11) is 1.59. The Balaban J connectivity index is 3.42. The average molecular weight is 298 g/mol. The van der Waals surface area contributed by atoms with E-state index in [4.69, 9.17) is 0 Å². The second-order valence-corrected chi connectivity index (χ2v) is 4.58. The highest BCUT2D eigenvalue weighted by Gasteiger charge is 2.04. The normalized spacial score (nSPS) is 11.9. The van der Waals surface area contributed by atoms with Crippen LogP contribution in [0.15, 0.2) is 0 Å². The third kappa shape index (κ3) is 8.01. The smallest absolute Gasteiger partial charge is 0.220 e. The van der Waals surface area contributed by atoms with E-state index in [9.17, 15) is 9.59 Å². The molecule has 0 heterocycles. The summed E-state index contributed by atoms with van der Waals surface area (Å²) in [6.07, 6.45) is 1.44. The molecule has 0 saturated carbocycles. The van der Waals surface area contributed by atoms with Crippen LogP contribution in [0.1, 0.15) is 26.2 Å². The SMILES string of the molecule is CNC(=O)CCCC(=O)NC(C)I. The first kappa shape index (κ1) is 12.7. The summed E-state index contributed by atoms with van der Waals surface area (Å²) in [5, 5.41) is 5.26. The summed E-state index contributed by atoms with van der Waals surface area (Å²) in [5.41, 5.74) is 0. The Morgan fingerprint density at radius 2 is 1.85 bits per heavy atom. The molecule has 5 heteroatoms. The van der Waals surface area contributed by atoms with E-state index in [1.807, 2.05) is 6.92 Å². The predicted octanol–water partition coefficient (Wildman–Crippen LogP) is 0.800. The molecule has 0 aromatic heterocycles. The van der Waals surface area contributed by atoms with Gasteiger partial charge in [0, 0.05) is 19.9 Å². The van der Waals surface area contributed by atoms with Crippen LogP contribution in [0.5, 0.6) is 0 Å². The molecule has 2 N–H and O–H groups in total. The summed E-state index contributed by atoms with van der Waals surface area (Å²) in [6.45, 7) is 1.90. The van der Waals surface area contributed by atoms with Crippen molar-refractivity contribution in [3.05, 3.63) is 0 Å². The van der Waals surface area contributed by atoms with Crippen molar-refractivity contribution in [1.82, 2.24) is 10.6 Å². The molecule has 0 saturated heterocycles. The average Bonchev–Trinajstić information content (AvgIpc) is 2.02. The van der Waals surface area contributed by atoms with E-state index < -0.39 is 0 Å². The number of halogens is 1. The quantitative estimate of drug-likeness (QED) is 0.448. The van der Waals surface area contributed by atoms with Crippen molar-refractivity contribution in [2.45, 2.75) is 30.2 Å². The molecule has 0 rings (SSSR count). The maximum absolute atomic E-state index is 11.1. The zero-order valence-electron chi connectivity index (χ0n) is 7.89. The summed E-state index contributed by atoms with van der Waals surface area (Å²) in [5.74, 6) is -0.0128. The van der Waals surface area contributed by atoms with E-state index in [1.165, 1.54) is 0 Å². The first-order chi connectivity index (χ1) is 6.06. The van der Waals surface area contributed by atoms with Gasteiger partial charge in [0.05, 0.1) is 4.05 Å². The summed E-state index contributed by atoms with van der Waals surface area (Å²) >= 11 is 2.12. The van der Waals surface area contributed by atoms with Crippen LogP contribution in [0.2, 0.25) is 0 Å². The van der Waals surface area contributed by atoms with Gasteiger partial charge >= 0.3 is 0 Å². The van der Waals surface area contributed by atoms with Gasteiger partial charge in [-0.2, -0.15) is 0 Å². The Morgan fingerprint density at radius 1 is 1.31 bits per heavy atom. The zero-order chi connectivity index (χ0) is 10.3. The third-order valence-corrected chi connectivity index (χ3v) is 1.76. The van der Waals surface area contributed by atoms with Crippen LogP contribution in [0.25, 0.3) is 0 Å². The van der Waals surface area contributed by atoms with E-state index in [2.05, 4.69) is 33.2 Å². The highest BCUT2D eigenvalue weighted by Crippen LogP contribution is 1.98. The fourth-order valence-corrected chi connectivity index (χ4v) is 1.18. The fraction of sp³-hybridized carbons (Fsp3) is 0.750. The molecule has 0 fully saturated rings. The molecule has 0 radical (unpaired) electrons. The lowest BCUT2D eigenvalue weighted by Crippen LogP contribution is -2.28. The van der Waals surface area contributed by atoms with Gasteiger partial charge in [-0.05, 0) is 13.3 Å². The number of amides is 2. The lowest BCUT2D eigenvalue weighted by atomic mass is 10.2. The van der Waals surface area contributed by atoms with Crippen molar-refractivity contribution in [2.75, 3.05) is 7.05 Å². The van der Waals surface area contributed by atoms with Gasteiger partial charge < -0.3 is 10.6 Å². The lowest BCUT2D eigenvalue weighted by Gasteiger charge is -2.06. The van der Waals surface area contributed by atoms with E-state index in [-0.39, 0.29) is 15.9 Å². The van der Waals surface area contributed by atoms with Crippen molar-refractivity contribution < 1.29 is 9.59 Å². The van der Waals surface area contributed by atoms with Crippen LogP contribution in [-0.4, -0.2) is 22.9 Å². The Kier molecular flexibility index (Phi) is 6.93. The Bertz CT molecular complexity index is 183. The molecule has 76 valence electrons. The van der Waals surface area contributed by atoms with Gasteiger partial charge in [-0.25, -0.2) is 0 Å². The second-order valence-electron chi connectivity index (χ2n) is 2.71. The molecule has 2 amide bonds. The molecule has 1 atom stereocenters. The van der Waals surface area contributed by atoms with Gasteiger partial charge in [-0.3, -0.25) is 9.59 Å². The van der Waals surface area contributed by atoms with Crippen LogP contribution in [0.4, 0.5) is 0 Å². The molecule has 0 aliphatic carbocycles. The van der Waals surface area contributed by atoms with Gasteiger partial charge in [-0.15, -0.1) is 0 Å². The zero-order valence-corrected chi connectivity index (χ0v) is 10.1. The Hall–Kier alpha value is -0.330. The van der Waals surface area contributed by atoms with Crippen LogP contribution in [0, 0.1) is 0 Å². The monoisotopic (exact) mass is 298 g/mol. The molecular weight excluding hydrogens is 283 g/mol. The Labute approximate surface area is 92.0 Å². The number of nitrogens with one attached hydrogen (secondary N) is 2. The first-order valence-electron chi connectivity index (χ1n) is 4.20. The molecule has 13 heavy (non-hydrogen) atoms. The highest BCUT2D eigenvalue weighted by molar-refractivity contribution is 14.1. The van der Waals surface area contributed by atoms with Crippen molar-refractivity contribution in [1.29, 1.82) is 0 Å². The van der Waals surface area contributed by atoms with Crippen LogP contribution in [-0.2, 0) is 9.59 Å². The van der Waals surface area contributed by atoms with E-state index in [0.29, 0.717) is 19.3 Å². The number of hydrogen-bond donors (Lipinski definition) is 2. The van der Waals surface area contributed by atoms with E-state index in [0.717, 1.165) is 0 Å². The van der Waals surface area contributed by atoms with E-state index >= 15 is 0 Å². The highest BCUT2D eigenvalue weighted by atomic mass is 127. The summed E-state index contributed by atoms with van der Waals surface area (Å²) < 4.78 is 0.144. The molecule has 0 aromatic rings. The Morgan fingerprint density at radius 3 is 2.31 bits per heavy atom. The number of alkyl halides is 1. The molecule has 0 aliphatic rings. The standard InChI is InChI=1S/C8H15IN2O2/c1-6(9)11-8(13)5-3-4-7(12)10-2/h6H,3-5H2,1-2H3,(H,10,12)(H,11,13). The molecular formula is C8H15IN2O2. The molecule has 0 aromatic carbocycles. The van der Waals surface area contributed by atoms with Crippen molar-refractivity contribution in [3.63, 3.8) is 0 Å². The second kappa shape index (κ2) is 7.11. The van der Waals surface area contributed by atoms with Gasteiger partial charge in [0.25, 0.3) is 0 Å². The minimum absolute atomic E-state index is 0.00537. The van der Waals surface area contributed by atoms with Crippen LogP contribution in [0.3, 0.4) is 0 Å². The molecule has 0 bridgehead atoms. The van der Waals surface area contributed by atoms with Crippen LogP contribution < -0.4 is 10.6 Å². The van der Waals surface area contributed by atoms with Crippen molar-refractivity contribution in [3.8, 4) is 0 Å². The fourth-order valence-electron chi connectivity index (χ4n) is 0.829. The number of carbonyl (C=O) groups excluding carboxylic acids is 2. The van der Waals surface area contributed by atoms with Crippen molar-refractivity contribution in [2.24, 2.45) is 0 Å². The molecule has 4 nitrogen and oxygen atoms in total. The number of hydrogen-bond acceptors (Lipinski definition) is 2. The largest absolute Gasteiger partial charge is 0.359 e. The molecule has 0 aliphatic heterocycles. The minimum atomic E-state index is -0.0182. The third-order valence-electron chi connectivity index (χ3n) is 1.45. The van der Waals surface area contributed by atoms with Gasteiger partial charge in [0.15, 0.2) is 0 Å². The topological polar surface area (TPSA) is 58.2 Å². The van der Waals surface area contributed by atoms with E-state index in [1.54, 1.807) is 7.05 Å². The van der Waals surface area contributed by atoms with Gasteiger partial charge in [0.2, 0.25) is 11.8 Å². The van der Waals surface area contributed by atoms with Crippen LogP contribution >= 0.6 is 22.6 Å². The maximum Gasteiger partial charge on any atom is 0.220 e. The maximum atomic E-state index is 11.1. The van der Waals surface area contributed by atoms with Gasteiger partial charge in [-0.1, -0.05) is 22.6 Å². The molecule has 1 unspecified atom stereocenters. The van der Waals surface area contributed by atoms with Gasteiger partial charge in [0.1, 0.15) is 0 Å². The molecule has 0 spiro atoms. The first-order valence-corrected chi connectivity index (χ1v) is 5.45. The minimum Gasteiger partial charge on any atom is -0.359 e. The van der Waals surface area contributed by atoms with Crippen molar-refractivity contribution >= 4 is 34.4 Å². The number of carbonyl (C=O) groups is 2. The number of rotatable bonds is 5. The summed E-state index contributed by atoms with van der Waals surface area (Å²) in [6, 6.07) is 0.